The summed E-state index contributed by atoms with van der Waals surface area (Å²) in [6.07, 6.45) is 0. The molecule has 0 atom stereocenters. The number of ether oxygens (including phenoxy) is 2. The van der Waals surface area contributed by atoms with Gasteiger partial charge in [-0.2, -0.15) is 5.26 Å². The van der Waals surface area contributed by atoms with Crippen molar-refractivity contribution in [2.75, 3.05) is 14.2 Å². The van der Waals surface area contributed by atoms with Crippen LogP contribution in [-0.2, 0) is 4.74 Å². The molecular formula is C10H8FNO3. The predicted octanol–water partition coefficient (Wildman–Crippen LogP) is 1.49. The van der Waals surface area contributed by atoms with Gasteiger partial charge in [0.25, 0.3) is 0 Å². The van der Waals surface area contributed by atoms with E-state index in [0.29, 0.717) is 0 Å². The third-order valence-electron chi connectivity index (χ3n) is 1.79. The van der Waals surface area contributed by atoms with E-state index in [1.165, 1.54) is 20.3 Å². The molecule has 0 fully saturated rings. The Bertz CT molecular complexity index is 437. The van der Waals surface area contributed by atoms with Gasteiger partial charge in [-0.05, 0) is 12.1 Å². The molecule has 0 bridgehead atoms. The molecule has 1 aromatic carbocycles. The molecule has 78 valence electrons. The number of halogens is 1. The summed E-state index contributed by atoms with van der Waals surface area (Å²) < 4.78 is 22.4. The molecule has 0 aliphatic rings. The highest BCUT2D eigenvalue weighted by Crippen LogP contribution is 2.23. The summed E-state index contributed by atoms with van der Waals surface area (Å²) in [5, 5.41) is 8.70. The second kappa shape index (κ2) is 4.42. The molecule has 0 heterocycles. The Morgan fingerprint density at radius 1 is 1.47 bits per heavy atom. The van der Waals surface area contributed by atoms with E-state index < -0.39 is 11.8 Å². The molecular weight excluding hydrogens is 201 g/mol. The average Bonchev–Trinajstić information content (AvgIpc) is 2.26. The zero-order valence-corrected chi connectivity index (χ0v) is 8.20. The fraction of sp³-hybridized carbons (Fsp3) is 0.200. The van der Waals surface area contributed by atoms with E-state index in [2.05, 4.69) is 9.47 Å². The normalized spacial score (nSPS) is 9.20. The van der Waals surface area contributed by atoms with Crippen molar-refractivity contribution < 1.29 is 18.7 Å². The van der Waals surface area contributed by atoms with E-state index in [1.54, 1.807) is 6.07 Å². The van der Waals surface area contributed by atoms with Crippen LogP contribution in [-0.4, -0.2) is 20.2 Å². The van der Waals surface area contributed by atoms with Crippen LogP contribution >= 0.6 is 0 Å². The summed E-state index contributed by atoms with van der Waals surface area (Å²) in [6.45, 7) is 0. The molecule has 1 aromatic rings. The number of esters is 1. The molecule has 0 aliphatic heterocycles. The molecule has 0 aliphatic carbocycles. The molecule has 0 saturated carbocycles. The van der Waals surface area contributed by atoms with Gasteiger partial charge in [-0.1, -0.05) is 0 Å². The molecule has 15 heavy (non-hydrogen) atoms. The molecule has 5 heteroatoms. The number of methoxy groups -OCH3 is 2. The highest BCUT2D eigenvalue weighted by atomic mass is 19.1. The van der Waals surface area contributed by atoms with Crippen LogP contribution < -0.4 is 4.74 Å². The summed E-state index contributed by atoms with van der Waals surface area (Å²) in [7, 11) is 2.42. The van der Waals surface area contributed by atoms with Crippen molar-refractivity contribution in [1.29, 1.82) is 5.26 Å². The minimum absolute atomic E-state index is 0.0210. The van der Waals surface area contributed by atoms with E-state index in [9.17, 15) is 9.18 Å². The topological polar surface area (TPSA) is 59.3 Å². The van der Waals surface area contributed by atoms with Crippen LogP contribution in [0.4, 0.5) is 4.39 Å². The summed E-state index contributed by atoms with van der Waals surface area (Å²) >= 11 is 0. The van der Waals surface area contributed by atoms with Gasteiger partial charge in [0.1, 0.15) is 6.07 Å². The molecule has 0 saturated heterocycles. The quantitative estimate of drug-likeness (QED) is 0.692. The highest BCUT2D eigenvalue weighted by Gasteiger charge is 2.15. The minimum Gasteiger partial charge on any atom is -0.492 e. The Morgan fingerprint density at radius 2 is 2.13 bits per heavy atom. The Hall–Kier alpha value is -2.09. The summed E-state index contributed by atoms with van der Waals surface area (Å²) in [5.74, 6) is -1.64. The number of hydrogen-bond donors (Lipinski definition) is 0. The number of nitriles is 1. The zero-order chi connectivity index (χ0) is 11.4. The van der Waals surface area contributed by atoms with Crippen LogP contribution in [0.1, 0.15) is 15.9 Å². The van der Waals surface area contributed by atoms with Crippen LogP contribution in [0, 0.1) is 17.1 Å². The number of hydrogen-bond acceptors (Lipinski definition) is 4. The standard InChI is InChI=1S/C10H8FNO3/c1-14-9-7(5-12)3-6(4-8(9)11)10(13)15-2/h3-4H,1-2H3. The van der Waals surface area contributed by atoms with Gasteiger partial charge in [0.2, 0.25) is 0 Å². The van der Waals surface area contributed by atoms with Crippen molar-refractivity contribution in [1.82, 2.24) is 0 Å². The summed E-state index contributed by atoms with van der Waals surface area (Å²) in [6, 6.07) is 3.91. The Kier molecular flexibility index (Phi) is 3.24. The minimum atomic E-state index is -0.767. The summed E-state index contributed by atoms with van der Waals surface area (Å²) in [4.78, 5) is 11.1. The molecule has 1 rings (SSSR count). The maximum Gasteiger partial charge on any atom is 0.337 e. The van der Waals surface area contributed by atoms with Crippen LogP contribution in [0.25, 0.3) is 0 Å². The van der Waals surface area contributed by atoms with Crippen molar-refractivity contribution in [3.8, 4) is 11.8 Å². The Morgan fingerprint density at radius 3 is 2.60 bits per heavy atom. The van der Waals surface area contributed by atoms with Gasteiger partial charge in [0, 0.05) is 0 Å². The van der Waals surface area contributed by atoms with Crippen LogP contribution in [0.2, 0.25) is 0 Å². The van der Waals surface area contributed by atoms with E-state index >= 15 is 0 Å². The van der Waals surface area contributed by atoms with Crippen molar-refractivity contribution in [2.24, 2.45) is 0 Å². The van der Waals surface area contributed by atoms with Crippen LogP contribution in [0.5, 0.6) is 5.75 Å². The van der Waals surface area contributed by atoms with Crippen LogP contribution in [0.3, 0.4) is 0 Å². The van der Waals surface area contributed by atoms with Gasteiger partial charge in [-0.3, -0.25) is 0 Å². The maximum atomic E-state index is 13.3. The fourth-order valence-electron chi connectivity index (χ4n) is 1.12. The third kappa shape index (κ3) is 2.05. The SMILES string of the molecule is COC(=O)c1cc(F)c(OC)c(C#N)c1. The van der Waals surface area contributed by atoms with Crippen molar-refractivity contribution in [3.63, 3.8) is 0 Å². The van der Waals surface area contributed by atoms with Gasteiger partial charge < -0.3 is 9.47 Å². The second-order valence-electron chi connectivity index (χ2n) is 2.64. The smallest absolute Gasteiger partial charge is 0.337 e. The lowest BCUT2D eigenvalue weighted by molar-refractivity contribution is 0.0600. The average molecular weight is 209 g/mol. The first-order valence-electron chi connectivity index (χ1n) is 4.00. The largest absolute Gasteiger partial charge is 0.492 e. The first kappa shape index (κ1) is 11.0. The van der Waals surface area contributed by atoms with E-state index in [-0.39, 0.29) is 16.9 Å². The van der Waals surface area contributed by atoms with Gasteiger partial charge >= 0.3 is 5.97 Å². The molecule has 0 unspecified atom stereocenters. The van der Waals surface area contributed by atoms with Crippen LogP contribution in [0.15, 0.2) is 12.1 Å². The fourth-order valence-corrected chi connectivity index (χ4v) is 1.12. The molecule has 4 nitrogen and oxygen atoms in total. The predicted molar refractivity (Wildman–Crippen MR) is 49.0 cm³/mol. The lowest BCUT2D eigenvalue weighted by atomic mass is 10.1. The van der Waals surface area contributed by atoms with E-state index in [0.717, 1.165) is 6.07 Å². The number of benzene rings is 1. The monoisotopic (exact) mass is 209 g/mol. The number of carbonyl (C=O) groups excluding carboxylic acids is 1. The van der Waals surface area contributed by atoms with Crippen molar-refractivity contribution in [3.05, 3.63) is 29.1 Å². The second-order valence-corrected chi connectivity index (χ2v) is 2.64. The van der Waals surface area contributed by atoms with Gasteiger partial charge in [0.15, 0.2) is 11.6 Å². The van der Waals surface area contributed by atoms with Gasteiger partial charge in [0.05, 0.1) is 25.3 Å². The number of rotatable bonds is 2. The molecule has 0 N–H and O–H groups in total. The zero-order valence-electron chi connectivity index (χ0n) is 8.20. The Labute approximate surface area is 85.8 Å². The van der Waals surface area contributed by atoms with Crippen molar-refractivity contribution in [2.45, 2.75) is 0 Å². The number of carbonyl (C=O) groups is 1. The highest BCUT2D eigenvalue weighted by molar-refractivity contribution is 5.90. The van der Waals surface area contributed by atoms with E-state index in [1.807, 2.05) is 0 Å². The van der Waals surface area contributed by atoms with Gasteiger partial charge in [-0.15, -0.1) is 0 Å². The lowest BCUT2D eigenvalue weighted by Gasteiger charge is -2.06. The maximum absolute atomic E-state index is 13.3. The van der Waals surface area contributed by atoms with Gasteiger partial charge in [-0.25, -0.2) is 9.18 Å². The first-order chi connectivity index (χ1) is 7.13. The van der Waals surface area contributed by atoms with E-state index in [4.69, 9.17) is 5.26 Å². The molecule has 0 aromatic heterocycles. The van der Waals surface area contributed by atoms with Crippen molar-refractivity contribution >= 4 is 5.97 Å². The molecule has 0 radical (unpaired) electrons. The Balaban J connectivity index is 3.33. The third-order valence-corrected chi connectivity index (χ3v) is 1.79. The number of nitrogens with zero attached hydrogens (tertiary/aromatic N) is 1. The summed E-state index contributed by atoms with van der Waals surface area (Å²) in [5.41, 5.74) is -0.0646. The lowest BCUT2D eigenvalue weighted by Crippen LogP contribution is -2.04. The first-order valence-corrected chi connectivity index (χ1v) is 4.00. The molecule has 0 spiro atoms. The molecule has 0 amide bonds.